The van der Waals surface area contributed by atoms with Gasteiger partial charge in [0.05, 0.1) is 6.20 Å². The SMILES string of the molecule is OCC1CCN(c2nccnc2N2CCN(Cc3cnn(-c4ccccc4F)c3)CC2)CC1. The smallest absolute Gasteiger partial charge is 0.172 e. The van der Waals surface area contributed by atoms with E-state index in [1.54, 1.807) is 29.2 Å². The molecule has 1 aromatic carbocycles. The Morgan fingerprint density at radius 1 is 0.909 bits per heavy atom. The molecule has 2 fully saturated rings. The number of aliphatic hydroxyl groups excluding tert-OH is 1. The van der Waals surface area contributed by atoms with E-state index in [0.29, 0.717) is 11.6 Å². The lowest BCUT2D eigenvalue weighted by Gasteiger charge is -2.38. The van der Waals surface area contributed by atoms with E-state index in [1.165, 1.54) is 6.07 Å². The fraction of sp³-hybridized carbons (Fsp3) is 0.458. The zero-order chi connectivity index (χ0) is 22.6. The van der Waals surface area contributed by atoms with Gasteiger partial charge in [0.1, 0.15) is 11.5 Å². The van der Waals surface area contributed by atoms with Crippen molar-refractivity contribution in [1.82, 2.24) is 24.6 Å². The minimum atomic E-state index is -0.277. The van der Waals surface area contributed by atoms with Gasteiger partial charge >= 0.3 is 0 Å². The molecule has 0 spiro atoms. The Morgan fingerprint density at radius 2 is 1.58 bits per heavy atom. The quantitative estimate of drug-likeness (QED) is 0.617. The number of rotatable bonds is 6. The van der Waals surface area contributed by atoms with Crippen molar-refractivity contribution in [2.75, 3.05) is 55.7 Å². The molecule has 0 atom stereocenters. The number of hydrogen-bond donors (Lipinski definition) is 1. The van der Waals surface area contributed by atoms with Crippen molar-refractivity contribution in [2.45, 2.75) is 19.4 Å². The number of anilines is 2. The van der Waals surface area contributed by atoms with Crippen LogP contribution in [0, 0.1) is 11.7 Å². The van der Waals surface area contributed by atoms with Crippen molar-refractivity contribution < 1.29 is 9.50 Å². The van der Waals surface area contributed by atoms with Gasteiger partial charge in [0.25, 0.3) is 0 Å². The molecule has 1 N–H and O–H groups in total. The molecule has 174 valence electrons. The van der Waals surface area contributed by atoms with Crippen LogP contribution >= 0.6 is 0 Å². The van der Waals surface area contributed by atoms with Gasteiger partial charge in [0.2, 0.25) is 0 Å². The van der Waals surface area contributed by atoms with Gasteiger partial charge < -0.3 is 14.9 Å². The Bertz CT molecular complexity index is 1060. The summed E-state index contributed by atoms with van der Waals surface area (Å²) in [5.74, 6) is 2.02. The number of nitrogens with zero attached hydrogens (tertiary/aromatic N) is 7. The molecule has 0 saturated carbocycles. The van der Waals surface area contributed by atoms with Crippen molar-refractivity contribution in [2.24, 2.45) is 5.92 Å². The molecule has 8 nitrogen and oxygen atoms in total. The Morgan fingerprint density at radius 3 is 2.24 bits per heavy atom. The van der Waals surface area contributed by atoms with E-state index in [9.17, 15) is 9.50 Å². The van der Waals surface area contributed by atoms with Crippen molar-refractivity contribution in [3.8, 4) is 5.69 Å². The molecule has 0 amide bonds. The van der Waals surface area contributed by atoms with E-state index in [4.69, 9.17) is 0 Å². The normalized spacial score (nSPS) is 18.1. The minimum Gasteiger partial charge on any atom is -0.396 e. The average molecular weight is 452 g/mol. The van der Waals surface area contributed by atoms with E-state index in [-0.39, 0.29) is 12.4 Å². The largest absolute Gasteiger partial charge is 0.396 e. The second-order valence-corrected chi connectivity index (χ2v) is 8.82. The molecule has 0 radical (unpaired) electrons. The van der Waals surface area contributed by atoms with Crippen LogP contribution in [0.15, 0.2) is 49.1 Å². The molecule has 2 saturated heterocycles. The topological polar surface area (TPSA) is 73.6 Å². The van der Waals surface area contributed by atoms with Gasteiger partial charge in [-0.15, -0.1) is 0 Å². The van der Waals surface area contributed by atoms with E-state index < -0.39 is 0 Å². The molecule has 0 bridgehead atoms. The van der Waals surface area contributed by atoms with Crippen LogP contribution in [0.1, 0.15) is 18.4 Å². The first-order valence-corrected chi connectivity index (χ1v) is 11.6. The molecule has 2 aromatic heterocycles. The number of piperazine rings is 1. The van der Waals surface area contributed by atoms with Crippen molar-refractivity contribution in [3.63, 3.8) is 0 Å². The number of piperidine rings is 1. The molecule has 0 aliphatic carbocycles. The van der Waals surface area contributed by atoms with Crippen LogP contribution in [0.5, 0.6) is 0 Å². The third-order valence-corrected chi connectivity index (χ3v) is 6.65. The summed E-state index contributed by atoms with van der Waals surface area (Å²) in [5, 5.41) is 13.8. The zero-order valence-corrected chi connectivity index (χ0v) is 18.7. The summed E-state index contributed by atoms with van der Waals surface area (Å²) in [6.45, 7) is 6.43. The van der Waals surface area contributed by atoms with E-state index >= 15 is 0 Å². The van der Waals surface area contributed by atoms with Gasteiger partial charge in [-0.3, -0.25) is 4.90 Å². The second kappa shape index (κ2) is 9.84. The maximum atomic E-state index is 14.0. The number of aromatic nitrogens is 4. The van der Waals surface area contributed by atoms with Crippen LogP contribution in [-0.2, 0) is 6.54 Å². The molecule has 5 rings (SSSR count). The first kappa shape index (κ1) is 21.8. The van der Waals surface area contributed by atoms with Crippen LogP contribution in [0.2, 0.25) is 0 Å². The van der Waals surface area contributed by atoms with Gasteiger partial charge in [-0.25, -0.2) is 19.0 Å². The maximum absolute atomic E-state index is 14.0. The number of para-hydroxylation sites is 1. The third-order valence-electron chi connectivity index (χ3n) is 6.65. The summed E-state index contributed by atoms with van der Waals surface area (Å²) in [6, 6.07) is 6.68. The molecule has 2 aliphatic rings. The van der Waals surface area contributed by atoms with Crippen LogP contribution in [0.3, 0.4) is 0 Å². The highest BCUT2D eigenvalue weighted by atomic mass is 19.1. The Balaban J connectivity index is 1.20. The molecule has 9 heteroatoms. The van der Waals surface area contributed by atoms with Gasteiger partial charge in [0.15, 0.2) is 11.6 Å². The van der Waals surface area contributed by atoms with Gasteiger partial charge in [-0.1, -0.05) is 12.1 Å². The van der Waals surface area contributed by atoms with Crippen molar-refractivity contribution in [3.05, 3.63) is 60.4 Å². The molecule has 33 heavy (non-hydrogen) atoms. The lowest BCUT2D eigenvalue weighted by atomic mass is 9.98. The predicted molar refractivity (Wildman–Crippen MR) is 125 cm³/mol. The van der Waals surface area contributed by atoms with E-state index in [2.05, 4.69) is 29.8 Å². The lowest BCUT2D eigenvalue weighted by Crippen LogP contribution is -2.47. The van der Waals surface area contributed by atoms with Gasteiger partial charge in [-0.2, -0.15) is 5.10 Å². The summed E-state index contributed by atoms with van der Waals surface area (Å²) in [4.78, 5) is 16.3. The highest BCUT2D eigenvalue weighted by Gasteiger charge is 2.26. The highest BCUT2D eigenvalue weighted by molar-refractivity contribution is 5.62. The number of benzene rings is 1. The summed E-state index contributed by atoms with van der Waals surface area (Å²) in [7, 11) is 0. The summed E-state index contributed by atoms with van der Waals surface area (Å²) in [6.07, 6.45) is 9.22. The molecule has 0 unspecified atom stereocenters. The maximum Gasteiger partial charge on any atom is 0.172 e. The Kier molecular flexibility index (Phi) is 6.50. The van der Waals surface area contributed by atoms with Gasteiger partial charge in [0, 0.05) is 76.6 Å². The fourth-order valence-corrected chi connectivity index (χ4v) is 4.68. The summed E-state index contributed by atoms with van der Waals surface area (Å²) in [5.41, 5.74) is 1.53. The second-order valence-electron chi connectivity index (χ2n) is 8.82. The standard InChI is InChI=1S/C24H30FN7O/c25-21-3-1-2-4-22(21)32-17-20(15-28-32)16-29-11-13-31(14-12-29)24-23(26-7-8-27-24)30-9-5-19(18-33)6-10-30/h1-4,7-8,15,17,19,33H,5-6,9-14,16,18H2. The lowest BCUT2D eigenvalue weighted by molar-refractivity contribution is 0.202. The van der Waals surface area contributed by atoms with Crippen molar-refractivity contribution >= 4 is 11.6 Å². The predicted octanol–water partition coefficient (Wildman–Crippen LogP) is 2.33. The molecule has 4 heterocycles. The number of aliphatic hydroxyl groups is 1. The highest BCUT2D eigenvalue weighted by Crippen LogP contribution is 2.29. The average Bonchev–Trinajstić information content (AvgIpc) is 3.33. The third kappa shape index (κ3) is 4.84. The van der Waals surface area contributed by atoms with Crippen LogP contribution in [-0.4, -0.2) is 75.6 Å². The monoisotopic (exact) mass is 451 g/mol. The van der Waals surface area contributed by atoms with E-state index in [0.717, 1.165) is 75.9 Å². The Labute approximate surface area is 193 Å². The zero-order valence-electron chi connectivity index (χ0n) is 18.7. The molecular formula is C24H30FN7O. The fourth-order valence-electron chi connectivity index (χ4n) is 4.68. The minimum absolute atomic E-state index is 0.266. The summed E-state index contributed by atoms with van der Waals surface area (Å²) < 4.78 is 15.7. The van der Waals surface area contributed by atoms with E-state index in [1.807, 2.05) is 18.5 Å². The molecular weight excluding hydrogens is 421 g/mol. The number of halogens is 1. The van der Waals surface area contributed by atoms with Crippen LogP contribution in [0.25, 0.3) is 5.69 Å². The van der Waals surface area contributed by atoms with Crippen LogP contribution < -0.4 is 9.80 Å². The Hall–Kier alpha value is -3.04. The van der Waals surface area contributed by atoms with Crippen LogP contribution in [0.4, 0.5) is 16.0 Å². The first-order valence-electron chi connectivity index (χ1n) is 11.6. The van der Waals surface area contributed by atoms with Gasteiger partial charge in [-0.05, 0) is 30.9 Å². The molecule has 2 aliphatic heterocycles. The molecule has 3 aromatic rings. The first-order chi connectivity index (χ1) is 16.2. The summed E-state index contributed by atoms with van der Waals surface area (Å²) >= 11 is 0. The number of hydrogen-bond acceptors (Lipinski definition) is 7. The van der Waals surface area contributed by atoms with Crippen molar-refractivity contribution in [1.29, 1.82) is 0 Å².